The summed E-state index contributed by atoms with van der Waals surface area (Å²) < 4.78 is 5.55. The Balaban J connectivity index is 2.81. The van der Waals surface area contributed by atoms with E-state index in [2.05, 4.69) is 53.7 Å². The number of benzene rings is 1. The highest BCUT2D eigenvalue weighted by atomic mass is 16.5. The van der Waals surface area contributed by atoms with E-state index in [1.807, 2.05) is 0 Å². The molecule has 0 spiro atoms. The normalized spacial score (nSPS) is 13.6. The second-order valence-electron chi connectivity index (χ2n) is 6.88. The molecule has 0 saturated carbocycles. The number of rotatable bonds is 6. The van der Waals surface area contributed by atoms with E-state index in [1.54, 1.807) is 0 Å². The summed E-state index contributed by atoms with van der Waals surface area (Å²) in [6.07, 6.45) is 1.94. The zero-order valence-electron chi connectivity index (χ0n) is 14.0. The molecule has 0 fully saturated rings. The Labute approximate surface area is 124 Å². The Morgan fingerprint density at radius 3 is 2.15 bits per heavy atom. The number of hydrogen-bond acceptors (Lipinski definition) is 2. The van der Waals surface area contributed by atoms with Gasteiger partial charge in [0.05, 0.1) is 6.61 Å². The zero-order chi connectivity index (χ0) is 15.3. The van der Waals surface area contributed by atoms with Gasteiger partial charge in [0.1, 0.15) is 0 Å². The molecule has 1 atom stereocenters. The Kier molecular flexibility index (Phi) is 6.22. The van der Waals surface area contributed by atoms with Crippen LogP contribution < -0.4 is 5.73 Å². The molecule has 1 rings (SSSR count). The fraction of sp³-hybridized carbons (Fsp3) is 0.667. The Bertz CT molecular complexity index is 409. The van der Waals surface area contributed by atoms with Crippen LogP contribution in [0.2, 0.25) is 0 Å². The van der Waals surface area contributed by atoms with Crippen molar-refractivity contribution in [1.82, 2.24) is 0 Å². The molecular formula is C18H31NO. The van der Waals surface area contributed by atoms with Gasteiger partial charge in [0.15, 0.2) is 0 Å². The molecule has 0 aliphatic carbocycles. The molecule has 0 aromatic heterocycles. The van der Waals surface area contributed by atoms with Crippen LogP contribution in [0, 0.1) is 13.8 Å². The summed E-state index contributed by atoms with van der Waals surface area (Å²) in [6, 6.07) is 4.70. The van der Waals surface area contributed by atoms with Crippen molar-refractivity contribution < 1.29 is 4.74 Å². The van der Waals surface area contributed by atoms with Gasteiger partial charge in [-0.15, -0.1) is 0 Å². The van der Waals surface area contributed by atoms with E-state index in [9.17, 15) is 0 Å². The summed E-state index contributed by atoms with van der Waals surface area (Å²) in [5, 5.41) is 0. The van der Waals surface area contributed by atoms with Crippen LogP contribution in [0.25, 0.3) is 0 Å². The molecule has 1 aromatic rings. The minimum atomic E-state index is 0.0828. The highest BCUT2D eigenvalue weighted by Crippen LogP contribution is 2.27. The van der Waals surface area contributed by atoms with Crippen LogP contribution in [0.1, 0.15) is 56.4 Å². The lowest BCUT2D eigenvalue weighted by atomic mass is 9.83. The maximum absolute atomic E-state index is 6.18. The van der Waals surface area contributed by atoms with Gasteiger partial charge >= 0.3 is 0 Å². The van der Waals surface area contributed by atoms with Crippen LogP contribution in [0.15, 0.2) is 12.1 Å². The van der Waals surface area contributed by atoms with E-state index in [1.165, 1.54) is 22.3 Å². The summed E-state index contributed by atoms with van der Waals surface area (Å²) >= 11 is 0. The van der Waals surface area contributed by atoms with E-state index in [-0.39, 0.29) is 11.5 Å². The third-order valence-electron chi connectivity index (χ3n) is 3.71. The van der Waals surface area contributed by atoms with E-state index in [0.29, 0.717) is 6.61 Å². The molecular weight excluding hydrogens is 246 g/mol. The van der Waals surface area contributed by atoms with Crippen LogP contribution in [-0.4, -0.2) is 19.3 Å². The number of aryl methyl sites for hydroxylation is 2. The van der Waals surface area contributed by atoms with Gasteiger partial charge in [-0.25, -0.2) is 0 Å². The largest absolute Gasteiger partial charge is 0.380 e. The second kappa shape index (κ2) is 7.24. The van der Waals surface area contributed by atoms with Crippen LogP contribution >= 0.6 is 0 Å². The number of hydrogen-bond donors (Lipinski definition) is 1. The van der Waals surface area contributed by atoms with Crippen LogP contribution in [0.4, 0.5) is 0 Å². The highest BCUT2D eigenvalue weighted by Gasteiger charge is 2.17. The first-order valence-corrected chi connectivity index (χ1v) is 7.69. The smallest absolute Gasteiger partial charge is 0.0620 e. The lowest BCUT2D eigenvalue weighted by Gasteiger charge is -2.23. The molecule has 0 aliphatic rings. The Morgan fingerprint density at radius 1 is 1.15 bits per heavy atom. The number of ether oxygens (including phenoxy) is 1. The lowest BCUT2D eigenvalue weighted by molar-refractivity contribution is 0.121. The first-order valence-electron chi connectivity index (χ1n) is 7.69. The van der Waals surface area contributed by atoms with Crippen molar-refractivity contribution in [2.24, 2.45) is 5.73 Å². The summed E-state index contributed by atoms with van der Waals surface area (Å²) in [4.78, 5) is 0. The fourth-order valence-electron chi connectivity index (χ4n) is 2.45. The molecule has 0 aliphatic heterocycles. The molecule has 2 N–H and O–H groups in total. The van der Waals surface area contributed by atoms with E-state index in [0.717, 1.165) is 19.4 Å². The second-order valence-corrected chi connectivity index (χ2v) is 6.88. The summed E-state index contributed by atoms with van der Waals surface area (Å²) in [7, 11) is 0. The standard InChI is InChI=1S/C18H31NO/c1-7-8-20-12-16(19)11-17-13(2)9-15(10-14(17)3)18(4,5)6/h9-10,16H,7-8,11-12,19H2,1-6H3. The van der Waals surface area contributed by atoms with E-state index < -0.39 is 0 Å². The minimum absolute atomic E-state index is 0.0828. The van der Waals surface area contributed by atoms with Crippen molar-refractivity contribution >= 4 is 0 Å². The van der Waals surface area contributed by atoms with Gasteiger partial charge in [-0.05, 0) is 54.4 Å². The van der Waals surface area contributed by atoms with Crippen molar-refractivity contribution in [2.45, 2.75) is 65.8 Å². The van der Waals surface area contributed by atoms with Crippen molar-refractivity contribution in [2.75, 3.05) is 13.2 Å². The quantitative estimate of drug-likeness (QED) is 0.800. The van der Waals surface area contributed by atoms with Gasteiger partial charge in [-0.3, -0.25) is 0 Å². The lowest BCUT2D eigenvalue weighted by Crippen LogP contribution is -2.29. The first kappa shape index (κ1) is 17.2. The molecule has 0 radical (unpaired) electrons. The zero-order valence-corrected chi connectivity index (χ0v) is 14.0. The molecule has 0 heterocycles. The SMILES string of the molecule is CCCOCC(N)Cc1c(C)cc(C(C)(C)C)cc1C. The molecule has 1 unspecified atom stereocenters. The van der Waals surface area contributed by atoms with Crippen LogP contribution in [-0.2, 0) is 16.6 Å². The maximum Gasteiger partial charge on any atom is 0.0620 e. The molecule has 0 amide bonds. The van der Waals surface area contributed by atoms with Crippen molar-refractivity contribution in [1.29, 1.82) is 0 Å². The third kappa shape index (κ3) is 4.92. The predicted molar refractivity (Wildman–Crippen MR) is 87.4 cm³/mol. The molecule has 114 valence electrons. The topological polar surface area (TPSA) is 35.2 Å². The van der Waals surface area contributed by atoms with Crippen molar-refractivity contribution in [3.05, 3.63) is 34.4 Å². The summed E-state index contributed by atoms with van der Waals surface area (Å²) in [6.45, 7) is 14.7. The van der Waals surface area contributed by atoms with Gasteiger partial charge in [-0.2, -0.15) is 0 Å². The van der Waals surface area contributed by atoms with Gasteiger partial charge < -0.3 is 10.5 Å². The monoisotopic (exact) mass is 277 g/mol. The molecule has 2 nitrogen and oxygen atoms in total. The van der Waals surface area contributed by atoms with Gasteiger partial charge in [0.25, 0.3) is 0 Å². The maximum atomic E-state index is 6.18. The minimum Gasteiger partial charge on any atom is -0.380 e. The summed E-state index contributed by atoms with van der Waals surface area (Å²) in [5.41, 5.74) is 11.8. The fourth-order valence-corrected chi connectivity index (χ4v) is 2.45. The third-order valence-corrected chi connectivity index (χ3v) is 3.71. The molecule has 1 aromatic carbocycles. The molecule has 2 heteroatoms. The number of nitrogens with two attached hydrogens (primary N) is 1. The first-order chi connectivity index (χ1) is 9.25. The van der Waals surface area contributed by atoms with E-state index >= 15 is 0 Å². The van der Waals surface area contributed by atoms with Crippen LogP contribution in [0.5, 0.6) is 0 Å². The average Bonchev–Trinajstić information content (AvgIpc) is 2.32. The average molecular weight is 277 g/mol. The van der Waals surface area contributed by atoms with Crippen molar-refractivity contribution in [3.8, 4) is 0 Å². The van der Waals surface area contributed by atoms with E-state index in [4.69, 9.17) is 10.5 Å². The highest BCUT2D eigenvalue weighted by molar-refractivity contribution is 5.40. The van der Waals surface area contributed by atoms with Gasteiger partial charge in [-0.1, -0.05) is 39.8 Å². The van der Waals surface area contributed by atoms with Crippen molar-refractivity contribution in [3.63, 3.8) is 0 Å². The predicted octanol–water partition coefficient (Wildman–Crippen LogP) is 3.90. The van der Waals surface area contributed by atoms with Gasteiger partial charge in [0, 0.05) is 12.6 Å². The molecule has 0 saturated heterocycles. The molecule has 0 bridgehead atoms. The Hall–Kier alpha value is -0.860. The molecule has 20 heavy (non-hydrogen) atoms. The van der Waals surface area contributed by atoms with Crippen LogP contribution in [0.3, 0.4) is 0 Å². The van der Waals surface area contributed by atoms with Gasteiger partial charge in [0.2, 0.25) is 0 Å². The summed E-state index contributed by atoms with van der Waals surface area (Å²) in [5.74, 6) is 0. The Morgan fingerprint density at radius 2 is 1.70 bits per heavy atom.